The number of amides is 2. The predicted molar refractivity (Wildman–Crippen MR) is 108 cm³/mol. The number of nitrogens with one attached hydrogen (secondary N) is 2. The van der Waals surface area contributed by atoms with E-state index in [-0.39, 0.29) is 17.5 Å². The van der Waals surface area contributed by atoms with Crippen LogP contribution in [0.1, 0.15) is 40.3 Å². The van der Waals surface area contributed by atoms with Crippen LogP contribution in [0.5, 0.6) is 0 Å². The Bertz CT molecular complexity index is 1050. The van der Waals surface area contributed by atoms with Gasteiger partial charge in [-0.25, -0.2) is 0 Å². The molecule has 0 aliphatic carbocycles. The van der Waals surface area contributed by atoms with Gasteiger partial charge in [0, 0.05) is 29.4 Å². The number of rotatable bonds is 5. The van der Waals surface area contributed by atoms with Crippen molar-refractivity contribution in [2.24, 2.45) is 0 Å². The van der Waals surface area contributed by atoms with Crippen LogP contribution < -0.4 is 10.6 Å². The highest BCUT2D eigenvalue weighted by atomic mass is 16.3. The summed E-state index contributed by atoms with van der Waals surface area (Å²) < 4.78 is 5.67. The van der Waals surface area contributed by atoms with Crippen LogP contribution in [-0.4, -0.2) is 17.6 Å². The number of ketones is 1. The zero-order valence-corrected chi connectivity index (χ0v) is 15.8. The minimum atomic E-state index is -0.394. The number of hydrogen-bond donors (Lipinski definition) is 2. The maximum Gasteiger partial charge on any atom is 0.291 e. The molecule has 2 aromatic carbocycles. The average Bonchev–Trinajstić information content (AvgIpc) is 3.15. The molecule has 3 rings (SSSR count). The molecule has 28 heavy (non-hydrogen) atoms. The van der Waals surface area contributed by atoms with Crippen molar-refractivity contribution in [3.05, 3.63) is 71.5 Å². The first kappa shape index (κ1) is 19.1. The fourth-order valence-electron chi connectivity index (χ4n) is 2.76. The molecule has 0 saturated heterocycles. The summed E-state index contributed by atoms with van der Waals surface area (Å²) >= 11 is 0. The van der Waals surface area contributed by atoms with Gasteiger partial charge in [-0.3, -0.25) is 14.4 Å². The van der Waals surface area contributed by atoms with Crippen molar-refractivity contribution in [1.29, 1.82) is 0 Å². The van der Waals surface area contributed by atoms with Gasteiger partial charge < -0.3 is 15.1 Å². The summed E-state index contributed by atoms with van der Waals surface area (Å²) in [6, 6.07) is 15.6. The highest BCUT2D eigenvalue weighted by molar-refractivity contribution is 6.04. The molecule has 0 radical (unpaired) electrons. The predicted octanol–water partition coefficient (Wildman–Crippen LogP) is 4.67. The van der Waals surface area contributed by atoms with E-state index < -0.39 is 5.91 Å². The molecule has 2 amide bonds. The SMILES string of the molecule is CC(=O)Nc1cccc(NC(=O)c2ccc(-c3ccc(C(C)=O)cc3)o2)c1C. The van der Waals surface area contributed by atoms with Crippen molar-refractivity contribution >= 4 is 29.0 Å². The van der Waals surface area contributed by atoms with E-state index in [1.807, 2.05) is 6.92 Å². The van der Waals surface area contributed by atoms with Gasteiger partial charge in [0.25, 0.3) is 5.91 Å². The van der Waals surface area contributed by atoms with E-state index in [2.05, 4.69) is 10.6 Å². The molecule has 1 aromatic heterocycles. The molecule has 0 atom stereocenters. The molecule has 2 N–H and O–H groups in total. The van der Waals surface area contributed by atoms with Gasteiger partial charge in [-0.2, -0.15) is 0 Å². The summed E-state index contributed by atoms with van der Waals surface area (Å²) in [4.78, 5) is 35.2. The third-order valence-electron chi connectivity index (χ3n) is 4.30. The Morgan fingerprint density at radius 2 is 1.46 bits per heavy atom. The van der Waals surface area contributed by atoms with Crippen LogP contribution in [0, 0.1) is 6.92 Å². The Morgan fingerprint density at radius 1 is 0.821 bits per heavy atom. The van der Waals surface area contributed by atoms with Gasteiger partial charge in [-0.15, -0.1) is 0 Å². The first-order valence-electron chi connectivity index (χ1n) is 8.75. The van der Waals surface area contributed by atoms with Gasteiger partial charge in [-0.05, 0) is 43.7 Å². The van der Waals surface area contributed by atoms with Crippen molar-refractivity contribution in [3.63, 3.8) is 0 Å². The van der Waals surface area contributed by atoms with E-state index in [9.17, 15) is 14.4 Å². The molecule has 6 heteroatoms. The van der Waals surface area contributed by atoms with Gasteiger partial charge in [0.2, 0.25) is 5.91 Å². The van der Waals surface area contributed by atoms with Gasteiger partial charge >= 0.3 is 0 Å². The highest BCUT2D eigenvalue weighted by Crippen LogP contribution is 2.26. The number of benzene rings is 2. The molecule has 142 valence electrons. The Hall–Kier alpha value is -3.67. The first-order valence-corrected chi connectivity index (χ1v) is 8.75. The third kappa shape index (κ3) is 4.17. The zero-order valence-electron chi connectivity index (χ0n) is 15.8. The Labute approximate surface area is 162 Å². The van der Waals surface area contributed by atoms with Gasteiger partial charge in [0.1, 0.15) is 5.76 Å². The molecule has 0 unspecified atom stereocenters. The van der Waals surface area contributed by atoms with E-state index in [1.54, 1.807) is 54.6 Å². The molecule has 0 fully saturated rings. The summed E-state index contributed by atoms with van der Waals surface area (Å²) in [6.07, 6.45) is 0. The highest BCUT2D eigenvalue weighted by Gasteiger charge is 2.15. The fraction of sp³-hybridized carbons (Fsp3) is 0.136. The number of carbonyl (C=O) groups excluding carboxylic acids is 3. The maximum absolute atomic E-state index is 12.6. The zero-order chi connectivity index (χ0) is 20.3. The van der Waals surface area contributed by atoms with Crippen LogP contribution in [-0.2, 0) is 4.79 Å². The topological polar surface area (TPSA) is 88.4 Å². The molecule has 6 nitrogen and oxygen atoms in total. The summed E-state index contributed by atoms with van der Waals surface area (Å²) in [7, 11) is 0. The molecule has 0 saturated carbocycles. The molecule has 0 bridgehead atoms. The van der Waals surface area contributed by atoms with Crippen LogP contribution in [0.3, 0.4) is 0 Å². The third-order valence-corrected chi connectivity index (χ3v) is 4.30. The number of Topliss-reactive ketones (excluding diaryl/α,β-unsaturated/α-hetero) is 1. The van der Waals surface area contributed by atoms with Gasteiger partial charge in [0.15, 0.2) is 11.5 Å². The lowest BCUT2D eigenvalue weighted by Crippen LogP contribution is -2.13. The van der Waals surface area contributed by atoms with E-state index in [0.717, 1.165) is 11.1 Å². The first-order chi connectivity index (χ1) is 13.3. The smallest absolute Gasteiger partial charge is 0.291 e. The molecular weight excluding hydrogens is 356 g/mol. The summed E-state index contributed by atoms with van der Waals surface area (Å²) in [5.74, 6) is 0.106. The summed E-state index contributed by atoms with van der Waals surface area (Å²) in [5, 5.41) is 5.53. The number of anilines is 2. The fourth-order valence-corrected chi connectivity index (χ4v) is 2.76. The Kier molecular flexibility index (Phi) is 5.40. The summed E-state index contributed by atoms with van der Waals surface area (Å²) in [5.41, 5.74) is 3.35. The van der Waals surface area contributed by atoms with Crippen LogP contribution in [0.25, 0.3) is 11.3 Å². The van der Waals surface area contributed by atoms with Gasteiger partial charge in [-0.1, -0.05) is 30.3 Å². The van der Waals surface area contributed by atoms with Crippen molar-refractivity contribution in [3.8, 4) is 11.3 Å². The van der Waals surface area contributed by atoms with E-state index in [4.69, 9.17) is 4.42 Å². The van der Waals surface area contributed by atoms with E-state index >= 15 is 0 Å². The average molecular weight is 376 g/mol. The lowest BCUT2D eigenvalue weighted by molar-refractivity contribution is -0.114. The maximum atomic E-state index is 12.6. The second-order valence-corrected chi connectivity index (χ2v) is 6.41. The number of furan rings is 1. The second kappa shape index (κ2) is 7.92. The molecule has 3 aromatic rings. The molecule has 1 heterocycles. The van der Waals surface area contributed by atoms with Crippen LogP contribution in [0.4, 0.5) is 11.4 Å². The van der Waals surface area contributed by atoms with Crippen molar-refractivity contribution in [2.45, 2.75) is 20.8 Å². The standard InChI is InChI=1S/C22H20N2O4/c1-13-18(23-15(3)26)5-4-6-19(13)24-22(27)21-12-11-20(28-21)17-9-7-16(8-10-17)14(2)25/h4-12H,1-3H3,(H,23,26)(H,24,27). The van der Waals surface area contributed by atoms with Gasteiger partial charge in [0.05, 0.1) is 0 Å². The molecular formula is C22H20N2O4. The number of carbonyl (C=O) groups is 3. The second-order valence-electron chi connectivity index (χ2n) is 6.41. The van der Waals surface area contributed by atoms with Crippen LogP contribution in [0.2, 0.25) is 0 Å². The molecule has 0 aliphatic rings. The van der Waals surface area contributed by atoms with Crippen molar-refractivity contribution < 1.29 is 18.8 Å². The quantitative estimate of drug-likeness (QED) is 0.634. The normalized spacial score (nSPS) is 10.4. The minimum absolute atomic E-state index is 0.0112. The van der Waals surface area contributed by atoms with E-state index in [1.165, 1.54) is 13.8 Å². The molecule has 0 aliphatic heterocycles. The van der Waals surface area contributed by atoms with Crippen LogP contribution >= 0.6 is 0 Å². The summed E-state index contributed by atoms with van der Waals surface area (Å²) in [6.45, 7) is 4.75. The number of hydrogen-bond acceptors (Lipinski definition) is 4. The van der Waals surface area contributed by atoms with Crippen LogP contribution in [0.15, 0.2) is 59.0 Å². The Balaban J connectivity index is 1.78. The largest absolute Gasteiger partial charge is 0.451 e. The lowest BCUT2D eigenvalue weighted by Gasteiger charge is -2.12. The lowest BCUT2D eigenvalue weighted by atomic mass is 10.1. The minimum Gasteiger partial charge on any atom is -0.451 e. The van der Waals surface area contributed by atoms with E-state index in [0.29, 0.717) is 22.7 Å². The molecule has 0 spiro atoms. The monoisotopic (exact) mass is 376 g/mol. The van der Waals surface area contributed by atoms with Crippen molar-refractivity contribution in [2.75, 3.05) is 10.6 Å². The Morgan fingerprint density at radius 3 is 2.07 bits per heavy atom. The van der Waals surface area contributed by atoms with Crippen molar-refractivity contribution in [1.82, 2.24) is 0 Å².